The molecule has 112 valence electrons. The maximum absolute atomic E-state index is 6.07. The predicted molar refractivity (Wildman–Crippen MR) is 83.6 cm³/mol. The standard InChI is InChI=1S/C18H23NO2/c1-14-3-5-17(6-4-14)21-18-7-10-19(11-8-18)13-16-9-12-20-15(16)2/h3-6,9,12,18H,7-8,10-11,13H2,1-2H3. The van der Waals surface area contributed by atoms with Gasteiger partial charge in [-0.1, -0.05) is 17.7 Å². The number of hydrogen-bond acceptors (Lipinski definition) is 3. The summed E-state index contributed by atoms with van der Waals surface area (Å²) >= 11 is 0. The first-order valence-corrected chi connectivity index (χ1v) is 7.69. The fraction of sp³-hybridized carbons (Fsp3) is 0.444. The highest BCUT2D eigenvalue weighted by Gasteiger charge is 2.21. The van der Waals surface area contributed by atoms with Crippen molar-refractivity contribution < 1.29 is 9.15 Å². The molecule has 0 spiro atoms. The van der Waals surface area contributed by atoms with E-state index in [9.17, 15) is 0 Å². The third-order valence-corrected chi connectivity index (χ3v) is 4.22. The maximum atomic E-state index is 6.07. The Labute approximate surface area is 126 Å². The first-order chi connectivity index (χ1) is 10.2. The average Bonchev–Trinajstić information content (AvgIpc) is 2.89. The first-order valence-electron chi connectivity index (χ1n) is 7.69. The molecule has 0 aliphatic carbocycles. The summed E-state index contributed by atoms with van der Waals surface area (Å²) < 4.78 is 11.4. The summed E-state index contributed by atoms with van der Waals surface area (Å²) in [5, 5.41) is 0. The second-order valence-corrected chi connectivity index (χ2v) is 5.91. The number of nitrogens with zero attached hydrogens (tertiary/aromatic N) is 1. The van der Waals surface area contributed by atoms with Gasteiger partial charge in [0.05, 0.1) is 6.26 Å². The maximum Gasteiger partial charge on any atom is 0.119 e. The Morgan fingerprint density at radius 1 is 1.10 bits per heavy atom. The zero-order valence-electron chi connectivity index (χ0n) is 12.8. The summed E-state index contributed by atoms with van der Waals surface area (Å²) in [5.74, 6) is 2.03. The van der Waals surface area contributed by atoms with Crippen molar-refractivity contribution in [2.75, 3.05) is 13.1 Å². The lowest BCUT2D eigenvalue weighted by Gasteiger charge is -2.32. The average molecular weight is 285 g/mol. The van der Waals surface area contributed by atoms with E-state index in [2.05, 4.69) is 42.2 Å². The second-order valence-electron chi connectivity index (χ2n) is 5.91. The molecule has 0 radical (unpaired) electrons. The molecule has 3 rings (SSSR count). The van der Waals surface area contributed by atoms with Crippen LogP contribution < -0.4 is 4.74 Å². The normalized spacial score (nSPS) is 17.0. The monoisotopic (exact) mass is 285 g/mol. The van der Waals surface area contributed by atoms with Crippen LogP contribution >= 0.6 is 0 Å². The van der Waals surface area contributed by atoms with Crippen molar-refractivity contribution in [3.05, 3.63) is 53.5 Å². The van der Waals surface area contributed by atoms with Gasteiger partial charge in [0.25, 0.3) is 0 Å². The highest BCUT2D eigenvalue weighted by atomic mass is 16.5. The molecule has 2 heterocycles. The van der Waals surface area contributed by atoms with Crippen molar-refractivity contribution in [2.24, 2.45) is 0 Å². The minimum absolute atomic E-state index is 0.342. The number of furan rings is 1. The van der Waals surface area contributed by atoms with Crippen LogP contribution in [-0.4, -0.2) is 24.1 Å². The lowest BCUT2D eigenvalue weighted by Crippen LogP contribution is -2.37. The minimum Gasteiger partial charge on any atom is -0.490 e. The van der Waals surface area contributed by atoms with E-state index in [1.54, 1.807) is 6.26 Å². The third-order valence-electron chi connectivity index (χ3n) is 4.22. The fourth-order valence-electron chi connectivity index (χ4n) is 2.81. The SMILES string of the molecule is Cc1ccc(OC2CCN(Cc3ccoc3C)CC2)cc1. The number of rotatable bonds is 4. The molecule has 3 heteroatoms. The molecule has 2 aromatic rings. The minimum atomic E-state index is 0.342. The summed E-state index contributed by atoms with van der Waals surface area (Å²) in [5.41, 5.74) is 2.57. The van der Waals surface area contributed by atoms with Crippen LogP contribution in [0.3, 0.4) is 0 Å². The van der Waals surface area contributed by atoms with E-state index in [4.69, 9.17) is 9.15 Å². The Morgan fingerprint density at radius 3 is 2.43 bits per heavy atom. The Kier molecular flexibility index (Phi) is 4.30. The number of likely N-dealkylation sites (tertiary alicyclic amines) is 1. The fourth-order valence-corrected chi connectivity index (χ4v) is 2.81. The number of aryl methyl sites for hydroxylation is 2. The first kappa shape index (κ1) is 14.2. The zero-order valence-corrected chi connectivity index (χ0v) is 12.8. The zero-order chi connectivity index (χ0) is 14.7. The van der Waals surface area contributed by atoms with Crippen LogP contribution in [0.1, 0.15) is 29.7 Å². The largest absolute Gasteiger partial charge is 0.490 e. The van der Waals surface area contributed by atoms with E-state index < -0.39 is 0 Å². The van der Waals surface area contributed by atoms with Gasteiger partial charge in [-0.15, -0.1) is 0 Å². The van der Waals surface area contributed by atoms with Gasteiger partial charge < -0.3 is 9.15 Å². The number of hydrogen-bond donors (Lipinski definition) is 0. The highest BCUT2D eigenvalue weighted by Crippen LogP contribution is 2.21. The molecule has 0 bridgehead atoms. The van der Waals surface area contributed by atoms with E-state index in [1.807, 2.05) is 6.92 Å². The molecule has 3 nitrogen and oxygen atoms in total. The van der Waals surface area contributed by atoms with Crippen LogP contribution in [0.5, 0.6) is 5.75 Å². The molecule has 1 aliphatic rings. The molecule has 0 unspecified atom stereocenters. The van der Waals surface area contributed by atoms with E-state index in [-0.39, 0.29) is 0 Å². The number of ether oxygens (including phenoxy) is 1. The second kappa shape index (κ2) is 6.35. The van der Waals surface area contributed by atoms with Gasteiger partial charge in [-0.2, -0.15) is 0 Å². The van der Waals surface area contributed by atoms with Crippen molar-refractivity contribution in [3.63, 3.8) is 0 Å². The van der Waals surface area contributed by atoms with E-state index in [1.165, 1.54) is 11.1 Å². The summed E-state index contributed by atoms with van der Waals surface area (Å²) in [6, 6.07) is 10.4. The van der Waals surface area contributed by atoms with E-state index >= 15 is 0 Å². The number of benzene rings is 1. The molecule has 0 saturated carbocycles. The topological polar surface area (TPSA) is 25.6 Å². The van der Waals surface area contributed by atoms with Gasteiger partial charge in [-0.3, -0.25) is 4.90 Å². The van der Waals surface area contributed by atoms with E-state index in [0.29, 0.717) is 6.10 Å². The van der Waals surface area contributed by atoms with Crippen molar-refractivity contribution in [3.8, 4) is 5.75 Å². The van der Waals surface area contributed by atoms with Crippen LogP contribution in [0.4, 0.5) is 0 Å². The van der Waals surface area contributed by atoms with Gasteiger partial charge in [0.15, 0.2) is 0 Å². The molecule has 1 fully saturated rings. The van der Waals surface area contributed by atoms with Crippen molar-refractivity contribution >= 4 is 0 Å². The lowest BCUT2D eigenvalue weighted by atomic mass is 10.1. The summed E-state index contributed by atoms with van der Waals surface area (Å²) in [7, 11) is 0. The van der Waals surface area contributed by atoms with E-state index in [0.717, 1.165) is 44.0 Å². The quantitative estimate of drug-likeness (QED) is 0.851. The summed E-state index contributed by atoms with van der Waals surface area (Å²) in [6.45, 7) is 7.28. The molecule has 0 amide bonds. The van der Waals surface area contributed by atoms with Crippen LogP contribution in [-0.2, 0) is 6.54 Å². The van der Waals surface area contributed by atoms with Crippen LogP contribution in [0.25, 0.3) is 0 Å². The third kappa shape index (κ3) is 3.67. The van der Waals surface area contributed by atoms with Gasteiger partial charge in [-0.25, -0.2) is 0 Å². The van der Waals surface area contributed by atoms with Crippen LogP contribution in [0.15, 0.2) is 41.0 Å². The molecule has 0 atom stereocenters. The van der Waals surface area contributed by atoms with Crippen molar-refractivity contribution in [1.29, 1.82) is 0 Å². The predicted octanol–water partition coefficient (Wildman–Crippen LogP) is 3.94. The smallest absolute Gasteiger partial charge is 0.119 e. The van der Waals surface area contributed by atoms with Gasteiger partial charge in [0.2, 0.25) is 0 Å². The molecule has 21 heavy (non-hydrogen) atoms. The molecule has 1 aliphatic heterocycles. The van der Waals surface area contributed by atoms with Crippen molar-refractivity contribution in [2.45, 2.75) is 39.3 Å². The number of piperidine rings is 1. The van der Waals surface area contributed by atoms with Crippen LogP contribution in [0, 0.1) is 13.8 Å². The molecule has 0 N–H and O–H groups in total. The van der Waals surface area contributed by atoms with Crippen LogP contribution in [0.2, 0.25) is 0 Å². The van der Waals surface area contributed by atoms with Crippen molar-refractivity contribution in [1.82, 2.24) is 4.90 Å². The molecular formula is C18H23NO2. The highest BCUT2D eigenvalue weighted by molar-refractivity contribution is 5.26. The Morgan fingerprint density at radius 2 is 1.81 bits per heavy atom. The molecule has 1 aromatic heterocycles. The Bertz CT molecular complexity index is 565. The molecular weight excluding hydrogens is 262 g/mol. The van der Waals surface area contributed by atoms with Gasteiger partial charge in [0.1, 0.15) is 17.6 Å². The van der Waals surface area contributed by atoms with Gasteiger partial charge in [-0.05, 0) is 44.9 Å². The Hall–Kier alpha value is -1.74. The molecule has 1 aromatic carbocycles. The lowest BCUT2D eigenvalue weighted by molar-refractivity contribution is 0.0965. The van der Waals surface area contributed by atoms with Gasteiger partial charge in [0, 0.05) is 25.2 Å². The van der Waals surface area contributed by atoms with Gasteiger partial charge >= 0.3 is 0 Å². The summed E-state index contributed by atoms with van der Waals surface area (Å²) in [6.07, 6.45) is 4.29. The summed E-state index contributed by atoms with van der Waals surface area (Å²) in [4.78, 5) is 2.48. The molecule has 1 saturated heterocycles. The Balaban J connectivity index is 1.49.